The molecule has 0 unspecified atom stereocenters. The van der Waals surface area contributed by atoms with Crippen LogP contribution in [0, 0.1) is 6.92 Å². The number of nitrogens with two attached hydrogens (primary N) is 1. The van der Waals surface area contributed by atoms with Crippen LogP contribution in [0.3, 0.4) is 0 Å². The van der Waals surface area contributed by atoms with Crippen molar-refractivity contribution in [2.75, 3.05) is 16.8 Å². The lowest BCUT2D eigenvalue weighted by Crippen LogP contribution is -2.13. The van der Waals surface area contributed by atoms with E-state index in [1.54, 1.807) is 12.1 Å². The van der Waals surface area contributed by atoms with Gasteiger partial charge in [0.2, 0.25) is 5.91 Å². The lowest BCUT2D eigenvalue weighted by Gasteiger charge is -2.09. The van der Waals surface area contributed by atoms with Gasteiger partial charge in [-0.1, -0.05) is 46.3 Å². The molecule has 112 valence electrons. The minimum atomic E-state index is -0.169. The summed E-state index contributed by atoms with van der Waals surface area (Å²) >= 11 is 15.0. The van der Waals surface area contributed by atoms with Crippen molar-refractivity contribution in [1.29, 1.82) is 0 Å². The van der Waals surface area contributed by atoms with Crippen molar-refractivity contribution < 1.29 is 4.79 Å². The minimum absolute atomic E-state index is 0.169. The minimum Gasteiger partial charge on any atom is -0.399 e. The number of carbonyl (C=O) groups is 1. The second kappa shape index (κ2) is 7.31. The van der Waals surface area contributed by atoms with Crippen molar-refractivity contribution in [3.63, 3.8) is 0 Å². The fourth-order valence-electron chi connectivity index (χ4n) is 1.48. The lowest BCUT2D eigenvalue weighted by molar-refractivity contribution is -0.115. The van der Waals surface area contributed by atoms with Crippen LogP contribution in [0.5, 0.6) is 0 Å². The van der Waals surface area contributed by atoms with Gasteiger partial charge in [-0.05, 0) is 19.1 Å². The Kier molecular flexibility index (Phi) is 5.69. The van der Waals surface area contributed by atoms with Crippen molar-refractivity contribution in [3.8, 4) is 0 Å². The molecule has 0 radical (unpaired) electrons. The first-order chi connectivity index (χ1) is 9.95. The van der Waals surface area contributed by atoms with Crippen molar-refractivity contribution in [2.45, 2.75) is 17.7 Å². The Morgan fingerprint density at radius 1 is 1.38 bits per heavy atom. The Hall–Kier alpha value is -1.02. The molecule has 21 heavy (non-hydrogen) atoms. The predicted octanol–water partition coefficient (Wildman–Crippen LogP) is 3.86. The highest BCUT2D eigenvalue weighted by Gasteiger charge is 2.11. The van der Waals surface area contributed by atoms with Gasteiger partial charge in [0, 0.05) is 17.9 Å². The summed E-state index contributed by atoms with van der Waals surface area (Å²) in [6, 6.07) is 3.09. The first-order valence-electron chi connectivity index (χ1n) is 5.93. The van der Waals surface area contributed by atoms with Gasteiger partial charge >= 0.3 is 0 Å². The Bertz CT molecular complexity index is 639. The summed E-state index contributed by atoms with van der Waals surface area (Å²) in [6.45, 7) is 1.89. The van der Waals surface area contributed by atoms with E-state index in [-0.39, 0.29) is 5.91 Å². The molecule has 0 aliphatic rings. The van der Waals surface area contributed by atoms with Crippen LogP contribution in [0.15, 0.2) is 16.5 Å². The van der Waals surface area contributed by atoms with E-state index in [4.69, 9.17) is 28.9 Å². The number of anilines is 2. The first-order valence-corrected chi connectivity index (χ1v) is 8.49. The molecule has 0 aliphatic heterocycles. The van der Waals surface area contributed by atoms with Crippen LogP contribution >= 0.6 is 46.3 Å². The average Bonchev–Trinajstić information content (AvgIpc) is 2.79. The lowest BCUT2D eigenvalue weighted by atomic mass is 10.2. The zero-order valence-corrected chi connectivity index (χ0v) is 14.2. The highest BCUT2D eigenvalue weighted by molar-refractivity contribution is 8.01. The van der Waals surface area contributed by atoms with E-state index in [2.05, 4.69) is 15.5 Å². The molecule has 5 nitrogen and oxygen atoms in total. The molecule has 0 atom stereocenters. The van der Waals surface area contributed by atoms with Crippen molar-refractivity contribution in [1.82, 2.24) is 10.2 Å². The quantitative estimate of drug-likeness (QED) is 0.623. The van der Waals surface area contributed by atoms with Gasteiger partial charge < -0.3 is 11.1 Å². The van der Waals surface area contributed by atoms with Gasteiger partial charge in [-0.25, -0.2) is 0 Å². The summed E-state index contributed by atoms with van der Waals surface area (Å²) in [5, 5.41) is 12.1. The molecule has 0 bridgehead atoms. The summed E-state index contributed by atoms with van der Waals surface area (Å²) in [5.41, 5.74) is 6.44. The molecule has 2 rings (SSSR count). The van der Waals surface area contributed by atoms with Gasteiger partial charge in [-0.15, -0.1) is 10.2 Å². The topological polar surface area (TPSA) is 80.9 Å². The maximum absolute atomic E-state index is 11.9. The summed E-state index contributed by atoms with van der Waals surface area (Å²) in [7, 11) is 0. The highest BCUT2D eigenvalue weighted by atomic mass is 35.5. The maximum Gasteiger partial charge on any atom is 0.225 e. The molecule has 1 amide bonds. The molecule has 0 aliphatic carbocycles. The number of aryl methyl sites for hydroxylation is 1. The van der Waals surface area contributed by atoms with E-state index in [1.807, 2.05) is 6.92 Å². The third-order valence-electron chi connectivity index (χ3n) is 2.39. The van der Waals surface area contributed by atoms with Gasteiger partial charge in [0.15, 0.2) is 4.34 Å². The molecule has 0 spiro atoms. The van der Waals surface area contributed by atoms with Crippen LogP contribution in [0.25, 0.3) is 0 Å². The molecule has 2 aromatic rings. The fourth-order valence-corrected chi connectivity index (χ4v) is 3.90. The summed E-state index contributed by atoms with van der Waals surface area (Å²) in [6.07, 6.45) is 0.320. The van der Waals surface area contributed by atoms with E-state index in [0.717, 1.165) is 9.35 Å². The SMILES string of the molecule is Cc1nnc(SCCC(=O)Nc2c(Cl)cc(N)cc2Cl)s1. The van der Waals surface area contributed by atoms with Crippen LogP contribution in [0.1, 0.15) is 11.4 Å². The van der Waals surface area contributed by atoms with Crippen molar-refractivity contribution in [2.24, 2.45) is 0 Å². The number of thioether (sulfide) groups is 1. The molecule has 0 fully saturated rings. The van der Waals surface area contributed by atoms with E-state index < -0.39 is 0 Å². The second-order valence-electron chi connectivity index (χ2n) is 4.09. The van der Waals surface area contributed by atoms with Crippen LogP contribution in [0.4, 0.5) is 11.4 Å². The van der Waals surface area contributed by atoms with Gasteiger partial charge in [-0.3, -0.25) is 4.79 Å². The number of amides is 1. The highest BCUT2D eigenvalue weighted by Crippen LogP contribution is 2.33. The third kappa shape index (κ3) is 4.74. The van der Waals surface area contributed by atoms with Crippen LogP contribution in [-0.4, -0.2) is 21.9 Å². The smallest absolute Gasteiger partial charge is 0.225 e. The van der Waals surface area contributed by atoms with Gasteiger partial charge in [0.1, 0.15) is 5.01 Å². The number of nitrogens with zero attached hydrogens (tertiary/aromatic N) is 2. The van der Waals surface area contributed by atoms with Crippen molar-refractivity contribution in [3.05, 3.63) is 27.2 Å². The molecule has 0 saturated heterocycles. The van der Waals surface area contributed by atoms with E-state index in [0.29, 0.717) is 33.6 Å². The Balaban J connectivity index is 1.87. The summed E-state index contributed by atoms with van der Waals surface area (Å²) in [4.78, 5) is 11.9. The van der Waals surface area contributed by atoms with E-state index in [9.17, 15) is 4.79 Å². The first kappa shape index (κ1) is 16.4. The van der Waals surface area contributed by atoms with E-state index >= 15 is 0 Å². The number of aromatic nitrogens is 2. The van der Waals surface area contributed by atoms with E-state index in [1.165, 1.54) is 23.1 Å². The normalized spacial score (nSPS) is 10.6. The predicted molar refractivity (Wildman–Crippen MR) is 89.5 cm³/mol. The number of nitrogen functional groups attached to an aromatic ring is 1. The average molecular weight is 363 g/mol. The maximum atomic E-state index is 11.9. The zero-order chi connectivity index (χ0) is 15.4. The van der Waals surface area contributed by atoms with Gasteiger partial charge in [0.25, 0.3) is 0 Å². The monoisotopic (exact) mass is 362 g/mol. The Morgan fingerprint density at radius 2 is 2.05 bits per heavy atom. The Labute approximate surface area is 140 Å². The van der Waals surface area contributed by atoms with Crippen LogP contribution < -0.4 is 11.1 Å². The molecular weight excluding hydrogens is 351 g/mol. The molecule has 0 saturated carbocycles. The second-order valence-corrected chi connectivity index (χ2v) is 7.43. The number of benzene rings is 1. The summed E-state index contributed by atoms with van der Waals surface area (Å²) < 4.78 is 0.851. The van der Waals surface area contributed by atoms with Crippen molar-refractivity contribution >= 4 is 63.6 Å². The number of carbonyl (C=O) groups excluding carboxylic acids is 1. The van der Waals surface area contributed by atoms with Gasteiger partial charge in [-0.2, -0.15) is 0 Å². The summed E-state index contributed by atoms with van der Waals surface area (Å²) in [5.74, 6) is 0.433. The Morgan fingerprint density at radius 3 is 2.62 bits per heavy atom. The number of rotatable bonds is 5. The van der Waals surface area contributed by atoms with Gasteiger partial charge in [0.05, 0.1) is 15.7 Å². The molecule has 3 N–H and O–H groups in total. The number of nitrogens with one attached hydrogen (secondary N) is 1. The zero-order valence-electron chi connectivity index (χ0n) is 11.0. The number of hydrogen-bond donors (Lipinski definition) is 2. The fraction of sp³-hybridized carbons (Fsp3) is 0.250. The molecule has 1 aromatic carbocycles. The largest absolute Gasteiger partial charge is 0.399 e. The number of halogens is 2. The van der Waals surface area contributed by atoms with Crippen LogP contribution in [-0.2, 0) is 4.79 Å². The molecule has 9 heteroatoms. The molecule has 1 heterocycles. The molecular formula is C12H12Cl2N4OS2. The van der Waals surface area contributed by atoms with Crippen LogP contribution in [0.2, 0.25) is 10.0 Å². The third-order valence-corrected chi connectivity index (χ3v) is 4.96. The standard InChI is InChI=1S/C12H12Cl2N4OS2/c1-6-17-18-12(21-6)20-3-2-10(19)16-11-8(13)4-7(15)5-9(11)14/h4-5H,2-3,15H2,1H3,(H,16,19). The molecule has 1 aromatic heterocycles. The number of hydrogen-bond acceptors (Lipinski definition) is 6.